The molecule has 0 unspecified atom stereocenters. The van der Waals surface area contributed by atoms with Gasteiger partial charge in [0.25, 0.3) is 0 Å². The summed E-state index contributed by atoms with van der Waals surface area (Å²) < 4.78 is 39.8. The van der Waals surface area contributed by atoms with Crippen LogP contribution in [0.4, 0.5) is 13.2 Å². The molecule has 2 rings (SSSR count). The zero-order valence-electron chi connectivity index (χ0n) is 10.7. The maximum Gasteiger partial charge on any atom is 0.132 e. The van der Waals surface area contributed by atoms with Crippen molar-refractivity contribution in [1.29, 1.82) is 0 Å². The van der Waals surface area contributed by atoms with Gasteiger partial charge in [-0.2, -0.15) is 0 Å². The molecule has 0 aliphatic carbocycles. The van der Waals surface area contributed by atoms with Crippen LogP contribution in [0.1, 0.15) is 30.0 Å². The molecule has 0 N–H and O–H groups in total. The van der Waals surface area contributed by atoms with Crippen LogP contribution in [-0.4, -0.2) is 0 Å². The first-order chi connectivity index (χ1) is 9.10. The van der Waals surface area contributed by atoms with E-state index >= 15 is 0 Å². The minimum Gasteiger partial charge on any atom is -0.207 e. The molecule has 100 valence electrons. The molecule has 0 saturated carbocycles. The topological polar surface area (TPSA) is 0 Å². The summed E-state index contributed by atoms with van der Waals surface area (Å²) in [7, 11) is 0. The van der Waals surface area contributed by atoms with E-state index in [1.165, 1.54) is 5.56 Å². The van der Waals surface area contributed by atoms with Crippen molar-refractivity contribution in [3.05, 3.63) is 70.5 Å². The van der Waals surface area contributed by atoms with Crippen molar-refractivity contribution in [2.75, 3.05) is 0 Å². The minimum absolute atomic E-state index is 0.0929. The molecule has 3 heteroatoms. The average Bonchev–Trinajstić information content (AvgIpc) is 2.36. The molecule has 0 amide bonds. The normalized spacial score (nSPS) is 10.7. The quantitative estimate of drug-likeness (QED) is 0.754. The van der Waals surface area contributed by atoms with Gasteiger partial charge in [-0.1, -0.05) is 37.6 Å². The molecule has 0 fully saturated rings. The van der Waals surface area contributed by atoms with Gasteiger partial charge >= 0.3 is 0 Å². The van der Waals surface area contributed by atoms with Gasteiger partial charge in [-0.05, 0) is 17.5 Å². The van der Waals surface area contributed by atoms with E-state index in [4.69, 9.17) is 0 Å². The Kier molecular flexibility index (Phi) is 4.25. The van der Waals surface area contributed by atoms with Crippen molar-refractivity contribution in [2.45, 2.75) is 26.2 Å². The number of rotatable bonds is 4. The van der Waals surface area contributed by atoms with Crippen LogP contribution in [0.25, 0.3) is 0 Å². The van der Waals surface area contributed by atoms with Gasteiger partial charge in [-0.15, -0.1) is 0 Å². The van der Waals surface area contributed by atoms with Gasteiger partial charge in [0, 0.05) is 24.1 Å². The SMILES string of the molecule is CCCc1ccc(Cc2c(F)cc(F)cc2F)cc1. The van der Waals surface area contributed by atoms with Crippen molar-refractivity contribution in [2.24, 2.45) is 0 Å². The Morgan fingerprint density at radius 3 is 1.89 bits per heavy atom. The molecule has 0 atom stereocenters. The van der Waals surface area contributed by atoms with Gasteiger partial charge in [0.15, 0.2) is 0 Å². The number of hydrogen-bond acceptors (Lipinski definition) is 0. The summed E-state index contributed by atoms with van der Waals surface area (Å²) in [6.07, 6.45) is 2.17. The monoisotopic (exact) mass is 264 g/mol. The van der Waals surface area contributed by atoms with E-state index in [0.29, 0.717) is 12.1 Å². The fourth-order valence-electron chi connectivity index (χ4n) is 2.06. The molecule has 0 saturated heterocycles. The van der Waals surface area contributed by atoms with Crippen molar-refractivity contribution >= 4 is 0 Å². The van der Waals surface area contributed by atoms with Crippen molar-refractivity contribution in [3.63, 3.8) is 0 Å². The van der Waals surface area contributed by atoms with Crippen LogP contribution in [0.5, 0.6) is 0 Å². The van der Waals surface area contributed by atoms with E-state index < -0.39 is 17.5 Å². The second kappa shape index (κ2) is 5.91. The third-order valence-electron chi connectivity index (χ3n) is 3.05. The smallest absolute Gasteiger partial charge is 0.132 e. The van der Waals surface area contributed by atoms with Crippen LogP contribution in [0.2, 0.25) is 0 Å². The first-order valence-electron chi connectivity index (χ1n) is 6.31. The number of hydrogen-bond donors (Lipinski definition) is 0. The zero-order chi connectivity index (χ0) is 13.8. The molecule has 0 radical (unpaired) electrons. The number of aryl methyl sites for hydroxylation is 1. The summed E-state index contributed by atoms with van der Waals surface area (Å²) in [6.45, 7) is 2.09. The molecule has 0 heterocycles. The third-order valence-corrected chi connectivity index (χ3v) is 3.05. The Morgan fingerprint density at radius 2 is 1.37 bits per heavy atom. The third kappa shape index (κ3) is 3.37. The van der Waals surface area contributed by atoms with Gasteiger partial charge in [0.05, 0.1) is 0 Å². The van der Waals surface area contributed by atoms with E-state index in [1.54, 1.807) is 0 Å². The molecular formula is C16H15F3. The summed E-state index contributed by atoms with van der Waals surface area (Å²) in [5.41, 5.74) is 1.92. The lowest BCUT2D eigenvalue weighted by Gasteiger charge is -2.06. The largest absolute Gasteiger partial charge is 0.207 e. The Balaban J connectivity index is 2.21. The summed E-state index contributed by atoms with van der Waals surface area (Å²) >= 11 is 0. The van der Waals surface area contributed by atoms with Gasteiger partial charge in [-0.3, -0.25) is 0 Å². The zero-order valence-corrected chi connectivity index (χ0v) is 10.7. The van der Waals surface area contributed by atoms with E-state index in [9.17, 15) is 13.2 Å². The molecule has 19 heavy (non-hydrogen) atoms. The van der Waals surface area contributed by atoms with E-state index in [0.717, 1.165) is 18.4 Å². The molecule has 0 aliphatic rings. The second-order valence-electron chi connectivity index (χ2n) is 4.59. The Bertz CT molecular complexity index is 536. The fourth-order valence-corrected chi connectivity index (χ4v) is 2.06. The molecule has 2 aromatic rings. The van der Waals surface area contributed by atoms with Crippen LogP contribution < -0.4 is 0 Å². The highest BCUT2D eigenvalue weighted by atomic mass is 19.1. The van der Waals surface area contributed by atoms with Gasteiger partial charge < -0.3 is 0 Å². The minimum atomic E-state index is -0.892. The average molecular weight is 264 g/mol. The van der Waals surface area contributed by atoms with Crippen LogP contribution >= 0.6 is 0 Å². The van der Waals surface area contributed by atoms with E-state index in [1.807, 2.05) is 24.3 Å². The van der Waals surface area contributed by atoms with Crippen molar-refractivity contribution in [3.8, 4) is 0 Å². The van der Waals surface area contributed by atoms with E-state index in [-0.39, 0.29) is 12.0 Å². The highest BCUT2D eigenvalue weighted by molar-refractivity contribution is 5.30. The fraction of sp³-hybridized carbons (Fsp3) is 0.250. The predicted octanol–water partition coefficient (Wildman–Crippen LogP) is 4.65. The molecule has 0 nitrogen and oxygen atoms in total. The molecule has 0 bridgehead atoms. The van der Waals surface area contributed by atoms with Crippen LogP contribution in [0.3, 0.4) is 0 Å². The van der Waals surface area contributed by atoms with Crippen LogP contribution in [0, 0.1) is 17.5 Å². The lowest BCUT2D eigenvalue weighted by molar-refractivity contribution is 0.528. The number of benzene rings is 2. The lowest BCUT2D eigenvalue weighted by atomic mass is 10.0. The molecular weight excluding hydrogens is 249 g/mol. The molecule has 0 aliphatic heterocycles. The summed E-state index contributed by atoms with van der Waals surface area (Å²) in [4.78, 5) is 0. The standard InChI is InChI=1S/C16H15F3/c1-2-3-11-4-6-12(7-5-11)8-14-15(18)9-13(17)10-16(14)19/h4-7,9-10H,2-3,8H2,1H3. The number of halogens is 3. The molecule has 0 spiro atoms. The maximum absolute atomic E-state index is 13.5. The Hall–Kier alpha value is -1.77. The Labute approximate surface area is 110 Å². The predicted molar refractivity (Wildman–Crippen MR) is 69.6 cm³/mol. The van der Waals surface area contributed by atoms with E-state index in [2.05, 4.69) is 6.92 Å². The maximum atomic E-state index is 13.5. The first kappa shape index (κ1) is 13.7. The molecule has 0 aromatic heterocycles. The van der Waals surface area contributed by atoms with Gasteiger partial charge in [-0.25, -0.2) is 13.2 Å². The van der Waals surface area contributed by atoms with Gasteiger partial charge in [0.1, 0.15) is 17.5 Å². The first-order valence-corrected chi connectivity index (χ1v) is 6.31. The lowest BCUT2D eigenvalue weighted by Crippen LogP contribution is -1.99. The van der Waals surface area contributed by atoms with Crippen molar-refractivity contribution < 1.29 is 13.2 Å². The second-order valence-corrected chi connectivity index (χ2v) is 4.59. The van der Waals surface area contributed by atoms with Crippen LogP contribution in [-0.2, 0) is 12.8 Å². The summed E-state index contributed by atoms with van der Waals surface area (Å²) in [6, 6.07) is 9.05. The van der Waals surface area contributed by atoms with Crippen molar-refractivity contribution in [1.82, 2.24) is 0 Å². The molecule has 2 aromatic carbocycles. The summed E-state index contributed by atoms with van der Waals surface area (Å²) in [5.74, 6) is -2.57. The highest BCUT2D eigenvalue weighted by Gasteiger charge is 2.11. The Morgan fingerprint density at radius 1 is 0.842 bits per heavy atom. The van der Waals surface area contributed by atoms with Crippen LogP contribution in [0.15, 0.2) is 36.4 Å². The van der Waals surface area contributed by atoms with Gasteiger partial charge in [0.2, 0.25) is 0 Å². The summed E-state index contributed by atoms with van der Waals surface area (Å²) in [5, 5.41) is 0. The highest BCUT2D eigenvalue weighted by Crippen LogP contribution is 2.19.